The number of benzene rings is 1. The van der Waals surface area contributed by atoms with Crippen LogP contribution in [0.4, 0.5) is 18.9 Å². The molecule has 5 rings (SSSR count). The van der Waals surface area contributed by atoms with Gasteiger partial charge in [0.25, 0.3) is 17.6 Å². The molecule has 1 aliphatic carbocycles. The SMILES string of the molecule is C=S1(=O)CC(C)(NC(=O)C(=O)c2c(C)c(C(=O)Nc3cc(F)c(F)c(F)c3)n3c2C[C@H]2C[C@H]23)C1. The lowest BCUT2D eigenvalue weighted by Gasteiger charge is -2.41. The van der Waals surface area contributed by atoms with Gasteiger partial charge in [-0.1, -0.05) is 0 Å². The van der Waals surface area contributed by atoms with E-state index in [0.717, 1.165) is 6.42 Å². The summed E-state index contributed by atoms with van der Waals surface area (Å²) in [5.41, 5.74) is 0.0334. The Bertz CT molecular complexity index is 1380. The van der Waals surface area contributed by atoms with Crippen LogP contribution in [0.15, 0.2) is 12.1 Å². The van der Waals surface area contributed by atoms with Crippen molar-refractivity contribution in [2.45, 2.75) is 38.3 Å². The minimum Gasteiger partial charge on any atom is -0.342 e. The summed E-state index contributed by atoms with van der Waals surface area (Å²) in [4.78, 5) is 39.1. The van der Waals surface area contributed by atoms with Crippen LogP contribution in [0.1, 0.15) is 51.5 Å². The molecule has 7 nitrogen and oxygen atoms in total. The van der Waals surface area contributed by atoms with Crippen molar-refractivity contribution in [1.29, 1.82) is 0 Å². The van der Waals surface area contributed by atoms with Gasteiger partial charge in [0.2, 0.25) is 0 Å². The summed E-state index contributed by atoms with van der Waals surface area (Å²) in [6.07, 6.45) is 1.34. The summed E-state index contributed by atoms with van der Waals surface area (Å²) in [5.74, 6) is -2.72. The topological polar surface area (TPSA) is 97.3 Å². The van der Waals surface area contributed by atoms with E-state index in [-0.39, 0.29) is 46.0 Å². The molecule has 0 spiro atoms. The Labute approximate surface area is 193 Å². The van der Waals surface area contributed by atoms with Crippen LogP contribution in [0.2, 0.25) is 0 Å². The number of carbonyl (C=O) groups is 3. The number of aromatic nitrogens is 1. The summed E-state index contributed by atoms with van der Waals surface area (Å²) in [7, 11) is -2.25. The summed E-state index contributed by atoms with van der Waals surface area (Å²) in [5, 5.41) is 5.01. The average Bonchev–Trinajstić information content (AvgIpc) is 3.27. The van der Waals surface area contributed by atoms with Gasteiger partial charge in [0.05, 0.1) is 11.1 Å². The maximum Gasteiger partial charge on any atom is 0.292 e. The van der Waals surface area contributed by atoms with Crippen molar-refractivity contribution in [3.63, 3.8) is 0 Å². The molecule has 1 saturated heterocycles. The van der Waals surface area contributed by atoms with E-state index in [1.54, 1.807) is 11.5 Å². The van der Waals surface area contributed by atoms with Gasteiger partial charge < -0.3 is 15.2 Å². The average molecular weight is 494 g/mol. The van der Waals surface area contributed by atoms with E-state index in [1.807, 2.05) is 0 Å². The van der Waals surface area contributed by atoms with Crippen molar-refractivity contribution in [2.24, 2.45) is 5.92 Å². The van der Waals surface area contributed by atoms with Crippen molar-refractivity contribution in [3.05, 3.63) is 52.1 Å². The van der Waals surface area contributed by atoms with Crippen molar-refractivity contribution in [1.82, 2.24) is 9.88 Å². The Balaban J connectivity index is 1.46. The largest absolute Gasteiger partial charge is 0.342 e. The van der Waals surface area contributed by atoms with Gasteiger partial charge in [-0.3, -0.25) is 18.6 Å². The number of hydrogen-bond acceptors (Lipinski definition) is 4. The fraction of sp³-hybridized carbons (Fsp3) is 0.391. The van der Waals surface area contributed by atoms with Gasteiger partial charge in [0.15, 0.2) is 17.5 Å². The number of nitrogens with zero attached hydrogens (tertiary/aromatic N) is 1. The second kappa shape index (κ2) is 7.21. The standard InChI is InChI=1S/C23H22F3N3O4S/c1-10-17(20(30)22(32)28-23(2)8-34(3,33)9-23)16-5-11-4-15(11)29(16)19(10)21(31)27-12-6-13(24)18(26)14(25)7-12/h6-7,11,15H,3-5,8-9H2,1-2H3,(H,27,31)(H,28,32)/t11-,15-,23?,34?/m1/s1. The predicted molar refractivity (Wildman–Crippen MR) is 120 cm³/mol. The van der Waals surface area contributed by atoms with Crippen LogP contribution in [0, 0.1) is 30.3 Å². The lowest BCUT2D eigenvalue weighted by Crippen LogP contribution is -2.64. The fourth-order valence-electron chi connectivity index (χ4n) is 5.39. The molecule has 1 aromatic carbocycles. The molecule has 34 heavy (non-hydrogen) atoms. The van der Waals surface area contributed by atoms with E-state index >= 15 is 0 Å². The monoisotopic (exact) mass is 493 g/mol. The molecule has 2 aromatic rings. The van der Waals surface area contributed by atoms with E-state index in [4.69, 9.17) is 0 Å². The third-order valence-electron chi connectivity index (χ3n) is 6.69. The molecular weight excluding hydrogens is 471 g/mol. The normalized spacial score (nSPS) is 28.5. The molecule has 1 saturated carbocycles. The van der Waals surface area contributed by atoms with Crippen LogP contribution < -0.4 is 10.6 Å². The van der Waals surface area contributed by atoms with Crippen LogP contribution in [-0.2, 0) is 20.7 Å². The smallest absolute Gasteiger partial charge is 0.292 e. The van der Waals surface area contributed by atoms with Crippen LogP contribution in [0.5, 0.6) is 0 Å². The number of amides is 2. The van der Waals surface area contributed by atoms with Gasteiger partial charge in [-0.25, -0.2) is 13.2 Å². The zero-order valence-corrected chi connectivity index (χ0v) is 19.3. The van der Waals surface area contributed by atoms with Crippen LogP contribution >= 0.6 is 0 Å². The Hall–Kier alpha value is -3.08. The first-order valence-electron chi connectivity index (χ1n) is 10.7. The van der Waals surface area contributed by atoms with Gasteiger partial charge in [-0.2, -0.15) is 0 Å². The summed E-state index contributed by atoms with van der Waals surface area (Å²) in [6, 6.07) is 1.33. The molecule has 2 aliphatic heterocycles. The number of ketones is 1. The Morgan fingerprint density at radius 2 is 1.79 bits per heavy atom. The van der Waals surface area contributed by atoms with E-state index in [2.05, 4.69) is 16.5 Å². The molecule has 2 amide bonds. The number of Topliss-reactive ketones (excluding diaryl/α,β-unsaturated/α-hetero) is 1. The first-order chi connectivity index (χ1) is 15.8. The van der Waals surface area contributed by atoms with Crippen molar-refractivity contribution in [3.8, 4) is 0 Å². The van der Waals surface area contributed by atoms with Crippen LogP contribution in [-0.4, -0.2) is 49.3 Å². The Morgan fingerprint density at radius 1 is 1.18 bits per heavy atom. The second-order valence-electron chi connectivity index (χ2n) is 9.74. The zero-order chi connectivity index (χ0) is 24.7. The Morgan fingerprint density at radius 3 is 2.38 bits per heavy atom. The van der Waals surface area contributed by atoms with Crippen molar-refractivity contribution in [2.75, 3.05) is 16.8 Å². The van der Waals surface area contributed by atoms with Crippen LogP contribution in [0.3, 0.4) is 0 Å². The molecule has 180 valence electrons. The minimum atomic E-state index is -2.25. The van der Waals surface area contributed by atoms with E-state index in [0.29, 0.717) is 24.2 Å². The predicted octanol–water partition coefficient (Wildman–Crippen LogP) is 2.37. The van der Waals surface area contributed by atoms with Gasteiger partial charge in [0.1, 0.15) is 5.69 Å². The third-order valence-corrected chi connectivity index (χ3v) is 9.02. The fourth-order valence-corrected chi connectivity index (χ4v) is 7.77. The summed E-state index contributed by atoms with van der Waals surface area (Å²) < 4.78 is 54.1. The second-order valence-corrected chi connectivity index (χ2v) is 12.2. The van der Waals surface area contributed by atoms with Crippen molar-refractivity contribution < 1.29 is 31.8 Å². The van der Waals surface area contributed by atoms with Gasteiger partial charge in [-0.05, 0) is 53.6 Å². The highest BCUT2D eigenvalue weighted by molar-refractivity contribution is 8.01. The Kier molecular flexibility index (Phi) is 4.81. The number of carbonyl (C=O) groups excluding carboxylic acids is 3. The molecule has 11 heteroatoms. The highest BCUT2D eigenvalue weighted by Crippen LogP contribution is 2.54. The molecule has 0 radical (unpaired) electrons. The number of halogens is 3. The molecule has 3 aliphatic rings. The lowest BCUT2D eigenvalue weighted by molar-refractivity contribution is -0.118. The molecule has 1 aromatic heterocycles. The molecule has 0 unspecified atom stereocenters. The third kappa shape index (κ3) is 3.53. The number of fused-ring (bicyclic) bond motifs is 3. The molecule has 0 bridgehead atoms. The molecule has 2 fully saturated rings. The number of hydrogen-bond donors (Lipinski definition) is 2. The van der Waals surface area contributed by atoms with Crippen LogP contribution in [0.25, 0.3) is 0 Å². The molecule has 2 atom stereocenters. The van der Waals surface area contributed by atoms with Gasteiger partial charge >= 0.3 is 0 Å². The first-order valence-corrected chi connectivity index (χ1v) is 12.8. The first kappa shape index (κ1) is 22.7. The van der Waals surface area contributed by atoms with Gasteiger partial charge in [-0.15, -0.1) is 0 Å². The maximum absolute atomic E-state index is 13.6. The highest BCUT2D eigenvalue weighted by atomic mass is 32.2. The summed E-state index contributed by atoms with van der Waals surface area (Å²) in [6.45, 7) is 3.23. The number of nitrogens with one attached hydrogen (secondary N) is 2. The number of rotatable bonds is 5. The quantitative estimate of drug-likeness (QED) is 0.289. The lowest BCUT2D eigenvalue weighted by atomic mass is 10.0. The molecular formula is C23H22F3N3O4S. The molecule has 2 N–H and O–H groups in total. The van der Waals surface area contributed by atoms with Gasteiger partial charge in [0, 0.05) is 41.1 Å². The van der Waals surface area contributed by atoms with E-state index in [1.165, 1.54) is 6.92 Å². The van der Waals surface area contributed by atoms with E-state index < -0.39 is 50.1 Å². The number of anilines is 1. The highest BCUT2D eigenvalue weighted by Gasteiger charge is 2.51. The van der Waals surface area contributed by atoms with E-state index in [9.17, 15) is 31.8 Å². The summed E-state index contributed by atoms with van der Waals surface area (Å²) >= 11 is 0. The zero-order valence-electron chi connectivity index (χ0n) is 18.5. The minimum absolute atomic E-state index is 0.000691. The molecule has 3 heterocycles. The van der Waals surface area contributed by atoms with Crippen molar-refractivity contribution >= 4 is 38.7 Å². The maximum atomic E-state index is 13.6.